The first-order valence-electron chi connectivity index (χ1n) is 4.99. The molecule has 0 saturated heterocycles. The van der Waals surface area contributed by atoms with Gasteiger partial charge in [-0.1, -0.05) is 28.9 Å². The lowest BCUT2D eigenvalue weighted by molar-refractivity contribution is 0.304. The van der Waals surface area contributed by atoms with Crippen molar-refractivity contribution in [1.82, 2.24) is 15.6 Å². The lowest BCUT2D eigenvalue weighted by Gasteiger charge is -2.06. The second-order valence-electron chi connectivity index (χ2n) is 3.43. The summed E-state index contributed by atoms with van der Waals surface area (Å²) in [6.07, 6.45) is 0. The molecule has 0 radical (unpaired) electrons. The van der Waals surface area contributed by atoms with Gasteiger partial charge in [0.05, 0.1) is 0 Å². The fourth-order valence-corrected chi connectivity index (χ4v) is 1.57. The van der Waals surface area contributed by atoms with E-state index in [0.29, 0.717) is 11.6 Å². The van der Waals surface area contributed by atoms with Gasteiger partial charge in [0.25, 0.3) is 0 Å². The van der Waals surface area contributed by atoms with Crippen LogP contribution in [-0.4, -0.2) is 21.4 Å². The molecule has 0 saturated carbocycles. The summed E-state index contributed by atoms with van der Waals surface area (Å²) in [5.74, 6) is 0.120. The maximum Gasteiger partial charge on any atom is 0.199 e. The van der Waals surface area contributed by atoms with Gasteiger partial charge in [-0.05, 0) is 28.0 Å². The van der Waals surface area contributed by atoms with E-state index in [2.05, 4.69) is 25.4 Å². The van der Waals surface area contributed by atoms with Crippen molar-refractivity contribution < 1.29 is 9.84 Å². The minimum Gasteiger partial charge on any atom is -0.409 e. The third-order valence-electron chi connectivity index (χ3n) is 2.19. The quantitative estimate of drug-likeness (QED) is 0.334. The van der Waals surface area contributed by atoms with Gasteiger partial charge in [0.1, 0.15) is 0 Å². The second-order valence-corrected chi connectivity index (χ2v) is 3.87. The maximum absolute atomic E-state index is 8.89. The second kappa shape index (κ2) is 5.37. The molecule has 18 heavy (non-hydrogen) atoms. The zero-order valence-corrected chi connectivity index (χ0v) is 9.92. The van der Waals surface area contributed by atoms with Crippen LogP contribution in [0.3, 0.4) is 0 Å². The van der Waals surface area contributed by atoms with Gasteiger partial charge in [-0.2, -0.15) is 0 Å². The van der Waals surface area contributed by atoms with Crippen molar-refractivity contribution >= 4 is 23.3 Å². The summed E-state index contributed by atoms with van der Waals surface area (Å²) in [5.41, 5.74) is 6.56. The minimum absolute atomic E-state index is 0.0430. The zero-order chi connectivity index (χ0) is 13.0. The topological polar surface area (TPSA) is 110 Å². The van der Waals surface area contributed by atoms with Crippen molar-refractivity contribution in [2.24, 2.45) is 5.16 Å². The van der Waals surface area contributed by atoms with E-state index in [4.69, 9.17) is 22.5 Å². The number of aromatic nitrogens is 2. The zero-order valence-electron chi connectivity index (χ0n) is 9.17. The molecule has 8 heteroatoms. The molecule has 0 spiro atoms. The summed E-state index contributed by atoms with van der Waals surface area (Å²) in [7, 11) is 0. The number of amidine groups is 1. The highest BCUT2D eigenvalue weighted by Crippen LogP contribution is 2.11. The fourth-order valence-electron chi connectivity index (χ4n) is 1.36. The number of nitrogen functional groups attached to an aromatic ring is 1. The molecule has 1 heterocycles. The summed E-state index contributed by atoms with van der Waals surface area (Å²) in [6, 6.07) is 7.25. The molecule has 7 nitrogen and oxygen atoms in total. The number of benzene rings is 1. The van der Waals surface area contributed by atoms with Crippen molar-refractivity contribution in [2.75, 3.05) is 5.73 Å². The van der Waals surface area contributed by atoms with E-state index >= 15 is 0 Å². The van der Waals surface area contributed by atoms with Crippen LogP contribution in [0.25, 0.3) is 0 Å². The molecule has 2 aromatic rings. The number of halogens is 1. The average molecular weight is 268 g/mol. The lowest BCUT2D eigenvalue weighted by Crippen LogP contribution is -2.25. The maximum atomic E-state index is 8.89. The normalized spacial score (nSPS) is 11.5. The number of nitrogens with two attached hydrogens (primary N) is 1. The summed E-state index contributed by atoms with van der Waals surface area (Å²) in [6.45, 7) is 0.395. The first kappa shape index (κ1) is 12.2. The van der Waals surface area contributed by atoms with Crippen molar-refractivity contribution in [3.63, 3.8) is 0 Å². The van der Waals surface area contributed by atoms with Crippen LogP contribution in [0.5, 0.6) is 0 Å². The average Bonchev–Trinajstić information content (AvgIpc) is 2.77. The van der Waals surface area contributed by atoms with Crippen LogP contribution in [0.15, 0.2) is 34.1 Å². The molecule has 0 atom stereocenters. The van der Waals surface area contributed by atoms with Gasteiger partial charge < -0.3 is 16.3 Å². The first-order valence-corrected chi connectivity index (χ1v) is 5.37. The monoisotopic (exact) mass is 267 g/mol. The van der Waals surface area contributed by atoms with Gasteiger partial charge in [-0.3, -0.25) is 0 Å². The van der Waals surface area contributed by atoms with Gasteiger partial charge in [-0.15, -0.1) is 0 Å². The van der Waals surface area contributed by atoms with Crippen LogP contribution < -0.4 is 11.1 Å². The highest BCUT2D eigenvalue weighted by Gasteiger charge is 2.14. The van der Waals surface area contributed by atoms with E-state index in [9.17, 15) is 0 Å². The van der Waals surface area contributed by atoms with Gasteiger partial charge in [0.2, 0.25) is 0 Å². The van der Waals surface area contributed by atoms with E-state index in [1.54, 1.807) is 12.1 Å². The van der Waals surface area contributed by atoms with Gasteiger partial charge in [-0.25, -0.2) is 4.63 Å². The molecule has 0 fully saturated rings. The number of hydrogen-bond acceptors (Lipinski definition) is 6. The standard InChI is InChI=1S/C10H10ClN5O2/c11-7-3-1-2-6(4-7)5-13-10(14-17)8-9(12)16-18-15-8/h1-4,17H,5H2,(H2,12,16)(H,13,14). The molecule has 2 rings (SSSR count). The van der Waals surface area contributed by atoms with Crippen LogP contribution >= 0.6 is 11.6 Å². The number of nitrogens with one attached hydrogen (secondary N) is 1. The number of hydrogen-bond donors (Lipinski definition) is 3. The highest BCUT2D eigenvalue weighted by molar-refractivity contribution is 6.30. The molecule has 0 bridgehead atoms. The van der Waals surface area contributed by atoms with Crippen molar-refractivity contribution in [3.05, 3.63) is 40.5 Å². The molecule has 1 aromatic carbocycles. The van der Waals surface area contributed by atoms with Gasteiger partial charge >= 0.3 is 0 Å². The fraction of sp³-hybridized carbons (Fsp3) is 0.100. The van der Waals surface area contributed by atoms with E-state index in [1.165, 1.54) is 0 Å². The molecule has 0 aliphatic heterocycles. The molecule has 0 aliphatic carbocycles. The smallest absolute Gasteiger partial charge is 0.199 e. The highest BCUT2D eigenvalue weighted by atomic mass is 35.5. The first-order chi connectivity index (χ1) is 8.70. The number of nitrogens with zero attached hydrogens (tertiary/aromatic N) is 3. The molecular weight excluding hydrogens is 258 g/mol. The Labute approximate surface area is 107 Å². The summed E-state index contributed by atoms with van der Waals surface area (Å²) >= 11 is 5.85. The van der Waals surface area contributed by atoms with Crippen LogP contribution in [0.4, 0.5) is 5.82 Å². The number of anilines is 1. The minimum atomic E-state index is 0.0430. The Morgan fingerprint density at radius 2 is 2.33 bits per heavy atom. The van der Waals surface area contributed by atoms with E-state index in [0.717, 1.165) is 5.56 Å². The summed E-state index contributed by atoms with van der Waals surface area (Å²) in [4.78, 5) is 0. The van der Waals surface area contributed by atoms with Crippen LogP contribution in [0.1, 0.15) is 11.3 Å². The summed E-state index contributed by atoms with van der Waals surface area (Å²) in [5, 5.41) is 22.3. The van der Waals surface area contributed by atoms with Crippen molar-refractivity contribution in [2.45, 2.75) is 6.54 Å². The van der Waals surface area contributed by atoms with Crippen LogP contribution in [0.2, 0.25) is 5.02 Å². The van der Waals surface area contributed by atoms with E-state index in [1.807, 2.05) is 12.1 Å². The molecule has 0 unspecified atom stereocenters. The molecular formula is C10H10ClN5O2. The predicted molar refractivity (Wildman–Crippen MR) is 65.3 cm³/mol. The third-order valence-corrected chi connectivity index (χ3v) is 2.42. The van der Waals surface area contributed by atoms with Gasteiger partial charge in [0, 0.05) is 11.6 Å². The Morgan fingerprint density at radius 1 is 1.50 bits per heavy atom. The van der Waals surface area contributed by atoms with Crippen molar-refractivity contribution in [1.29, 1.82) is 0 Å². The largest absolute Gasteiger partial charge is 0.409 e. The molecule has 94 valence electrons. The SMILES string of the molecule is Nc1nonc1/C(=N/O)NCc1cccc(Cl)c1. The Balaban J connectivity index is 2.07. The Hall–Kier alpha value is -2.28. The number of rotatable bonds is 3. The molecule has 0 aliphatic rings. The van der Waals surface area contributed by atoms with E-state index < -0.39 is 0 Å². The van der Waals surface area contributed by atoms with Crippen LogP contribution in [-0.2, 0) is 6.54 Å². The Kier molecular flexibility index (Phi) is 3.63. The predicted octanol–water partition coefficient (Wildman–Crippen LogP) is 1.23. The summed E-state index contributed by atoms with van der Waals surface area (Å²) < 4.78 is 4.42. The molecule has 0 amide bonds. The molecule has 4 N–H and O–H groups in total. The van der Waals surface area contributed by atoms with Crippen molar-refractivity contribution in [3.8, 4) is 0 Å². The molecule has 1 aromatic heterocycles. The Morgan fingerprint density at radius 3 is 2.94 bits per heavy atom. The lowest BCUT2D eigenvalue weighted by atomic mass is 10.2. The Bertz CT molecular complexity index is 569. The third kappa shape index (κ3) is 2.69. The van der Waals surface area contributed by atoms with Crippen LogP contribution in [0, 0.1) is 0 Å². The number of oxime groups is 1. The van der Waals surface area contributed by atoms with E-state index in [-0.39, 0.29) is 17.3 Å². The van der Waals surface area contributed by atoms with Gasteiger partial charge in [0.15, 0.2) is 17.3 Å².